The van der Waals surface area contributed by atoms with Crippen molar-refractivity contribution in [1.29, 1.82) is 0 Å². The maximum Gasteiger partial charge on any atom is 0.0220 e. The topological polar surface area (TPSA) is 15.3 Å². The van der Waals surface area contributed by atoms with Gasteiger partial charge in [0.1, 0.15) is 0 Å². The summed E-state index contributed by atoms with van der Waals surface area (Å²) in [6.07, 6.45) is 5.48. The highest BCUT2D eigenvalue weighted by Gasteiger charge is 2.20. The van der Waals surface area contributed by atoms with Crippen molar-refractivity contribution in [3.63, 3.8) is 0 Å². The Morgan fingerprint density at radius 1 is 1.31 bits per heavy atom. The highest BCUT2D eigenvalue weighted by Crippen LogP contribution is 2.17. The predicted octanol–water partition coefficient (Wildman–Crippen LogP) is 2.59. The van der Waals surface area contributed by atoms with Gasteiger partial charge in [-0.2, -0.15) is 11.8 Å². The summed E-state index contributed by atoms with van der Waals surface area (Å²) >= 11 is 2.07. The first-order chi connectivity index (χ1) is 7.88. The third-order valence-electron chi connectivity index (χ3n) is 3.28. The molecule has 0 aliphatic carbocycles. The summed E-state index contributed by atoms with van der Waals surface area (Å²) in [5, 5.41) is 3.58. The Bertz CT molecular complexity index is 146. The average Bonchev–Trinajstić information content (AvgIpc) is 2.32. The SMILES string of the molecule is CCCNCC1CCCCN1CCSCC. The zero-order chi connectivity index (χ0) is 11.6. The number of hydrogen-bond acceptors (Lipinski definition) is 3. The fourth-order valence-electron chi connectivity index (χ4n) is 2.36. The van der Waals surface area contributed by atoms with Gasteiger partial charge in [0, 0.05) is 24.9 Å². The van der Waals surface area contributed by atoms with E-state index in [-0.39, 0.29) is 0 Å². The van der Waals surface area contributed by atoms with Crippen LogP contribution >= 0.6 is 11.8 Å². The summed E-state index contributed by atoms with van der Waals surface area (Å²) < 4.78 is 0. The molecule has 1 saturated heterocycles. The van der Waals surface area contributed by atoms with Gasteiger partial charge in [-0.05, 0) is 38.1 Å². The van der Waals surface area contributed by atoms with Crippen LogP contribution < -0.4 is 5.32 Å². The molecule has 1 heterocycles. The molecular weight excluding hydrogens is 216 g/mol. The zero-order valence-corrected chi connectivity index (χ0v) is 11.8. The molecule has 1 rings (SSSR count). The molecule has 0 aromatic carbocycles. The molecule has 1 atom stereocenters. The van der Waals surface area contributed by atoms with Crippen molar-refractivity contribution in [2.24, 2.45) is 0 Å². The lowest BCUT2D eigenvalue weighted by Crippen LogP contribution is -2.46. The summed E-state index contributed by atoms with van der Waals surface area (Å²) in [6.45, 7) is 9.48. The molecule has 0 bridgehead atoms. The van der Waals surface area contributed by atoms with Crippen LogP contribution in [0.4, 0.5) is 0 Å². The lowest BCUT2D eigenvalue weighted by atomic mass is 10.0. The van der Waals surface area contributed by atoms with E-state index >= 15 is 0 Å². The van der Waals surface area contributed by atoms with Gasteiger partial charge in [-0.15, -0.1) is 0 Å². The lowest BCUT2D eigenvalue weighted by Gasteiger charge is -2.35. The van der Waals surface area contributed by atoms with E-state index in [4.69, 9.17) is 0 Å². The van der Waals surface area contributed by atoms with Crippen LogP contribution in [-0.2, 0) is 0 Å². The van der Waals surface area contributed by atoms with Gasteiger partial charge < -0.3 is 5.32 Å². The normalized spacial score (nSPS) is 22.5. The Balaban J connectivity index is 2.20. The number of hydrogen-bond donors (Lipinski definition) is 1. The van der Waals surface area contributed by atoms with E-state index in [0.29, 0.717) is 0 Å². The van der Waals surface area contributed by atoms with E-state index in [2.05, 4.69) is 35.8 Å². The van der Waals surface area contributed by atoms with Gasteiger partial charge in [-0.3, -0.25) is 4.90 Å². The van der Waals surface area contributed by atoms with E-state index in [9.17, 15) is 0 Å². The van der Waals surface area contributed by atoms with Gasteiger partial charge >= 0.3 is 0 Å². The zero-order valence-electron chi connectivity index (χ0n) is 11.0. The summed E-state index contributed by atoms with van der Waals surface area (Å²) in [7, 11) is 0. The molecule has 0 radical (unpaired) electrons. The van der Waals surface area contributed by atoms with Gasteiger partial charge in [-0.25, -0.2) is 0 Å². The van der Waals surface area contributed by atoms with Crippen LogP contribution in [0.3, 0.4) is 0 Å². The van der Waals surface area contributed by atoms with Crippen molar-refractivity contribution in [3.8, 4) is 0 Å². The van der Waals surface area contributed by atoms with E-state index < -0.39 is 0 Å². The molecule has 0 amide bonds. The van der Waals surface area contributed by atoms with Gasteiger partial charge in [0.05, 0.1) is 0 Å². The van der Waals surface area contributed by atoms with E-state index in [1.807, 2.05) is 0 Å². The summed E-state index contributed by atoms with van der Waals surface area (Å²) in [4.78, 5) is 2.70. The van der Waals surface area contributed by atoms with Gasteiger partial charge in [0.25, 0.3) is 0 Å². The minimum atomic E-state index is 0.803. The molecule has 1 fully saturated rings. The molecule has 1 aliphatic rings. The third kappa shape index (κ3) is 5.55. The van der Waals surface area contributed by atoms with Crippen molar-refractivity contribution < 1.29 is 0 Å². The first kappa shape index (κ1) is 14.3. The number of nitrogens with one attached hydrogen (secondary N) is 1. The Hall–Kier alpha value is 0.270. The number of rotatable bonds is 8. The molecule has 1 N–H and O–H groups in total. The highest BCUT2D eigenvalue weighted by atomic mass is 32.2. The molecule has 2 nitrogen and oxygen atoms in total. The molecule has 1 unspecified atom stereocenters. The van der Waals surface area contributed by atoms with Crippen molar-refractivity contribution >= 4 is 11.8 Å². The Morgan fingerprint density at radius 3 is 2.94 bits per heavy atom. The average molecular weight is 244 g/mol. The first-order valence-electron chi connectivity index (χ1n) is 6.91. The second-order valence-electron chi connectivity index (χ2n) is 4.59. The van der Waals surface area contributed by atoms with E-state index in [0.717, 1.165) is 6.04 Å². The maximum absolute atomic E-state index is 3.58. The predicted molar refractivity (Wildman–Crippen MR) is 75.4 cm³/mol. The fourth-order valence-corrected chi connectivity index (χ4v) is 3.01. The molecule has 1 aliphatic heterocycles. The van der Waals surface area contributed by atoms with Crippen molar-refractivity contribution in [2.45, 2.75) is 45.6 Å². The van der Waals surface area contributed by atoms with Crippen LogP contribution in [0.25, 0.3) is 0 Å². The molecule has 0 spiro atoms. The van der Waals surface area contributed by atoms with Gasteiger partial charge in [-0.1, -0.05) is 20.3 Å². The van der Waals surface area contributed by atoms with Crippen LogP contribution in [0.1, 0.15) is 39.5 Å². The maximum atomic E-state index is 3.58. The van der Waals surface area contributed by atoms with Crippen molar-refractivity contribution in [3.05, 3.63) is 0 Å². The number of likely N-dealkylation sites (tertiary alicyclic amines) is 1. The second-order valence-corrected chi connectivity index (χ2v) is 5.98. The van der Waals surface area contributed by atoms with Crippen molar-refractivity contribution in [1.82, 2.24) is 10.2 Å². The molecular formula is C13H28N2S. The number of nitrogens with zero attached hydrogens (tertiary/aromatic N) is 1. The van der Waals surface area contributed by atoms with E-state index in [1.165, 1.54) is 63.4 Å². The van der Waals surface area contributed by atoms with Crippen LogP contribution in [0.2, 0.25) is 0 Å². The summed E-state index contributed by atoms with van der Waals surface area (Å²) in [5.74, 6) is 2.56. The number of piperidine rings is 1. The molecule has 0 aromatic rings. The first-order valence-corrected chi connectivity index (χ1v) is 8.06. The molecule has 16 heavy (non-hydrogen) atoms. The molecule has 3 heteroatoms. The largest absolute Gasteiger partial charge is 0.315 e. The second kappa shape index (κ2) is 9.32. The number of thioether (sulfide) groups is 1. The monoisotopic (exact) mass is 244 g/mol. The van der Waals surface area contributed by atoms with Gasteiger partial charge in [0.15, 0.2) is 0 Å². The minimum Gasteiger partial charge on any atom is -0.315 e. The standard InChI is InChI=1S/C13H28N2S/c1-3-8-14-12-13-7-5-6-9-15(13)10-11-16-4-2/h13-14H,3-12H2,1-2H3. The minimum absolute atomic E-state index is 0.803. The summed E-state index contributed by atoms with van der Waals surface area (Å²) in [5.41, 5.74) is 0. The van der Waals surface area contributed by atoms with Crippen LogP contribution in [0.5, 0.6) is 0 Å². The Kier molecular flexibility index (Phi) is 8.34. The van der Waals surface area contributed by atoms with Crippen LogP contribution in [-0.4, -0.2) is 48.6 Å². The highest BCUT2D eigenvalue weighted by molar-refractivity contribution is 7.99. The lowest BCUT2D eigenvalue weighted by molar-refractivity contribution is 0.155. The Morgan fingerprint density at radius 2 is 2.19 bits per heavy atom. The fraction of sp³-hybridized carbons (Fsp3) is 1.00. The van der Waals surface area contributed by atoms with Crippen LogP contribution in [0, 0.1) is 0 Å². The third-order valence-corrected chi connectivity index (χ3v) is 4.16. The molecule has 0 aromatic heterocycles. The van der Waals surface area contributed by atoms with Crippen LogP contribution in [0.15, 0.2) is 0 Å². The smallest absolute Gasteiger partial charge is 0.0220 e. The van der Waals surface area contributed by atoms with Gasteiger partial charge in [0.2, 0.25) is 0 Å². The van der Waals surface area contributed by atoms with Crippen molar-refractivity contribution in [2.75, 3.05) is 37.7 Å². The summed E-state index contributed by atoms with van der Waals surface area (Å²) in [6, 6.07) is 0.803. The quantitative estimate of drug-likeness (QED) is 0.661. The molecule has 96 valence electrons. The van der Waals surface area contributed by atoms with E-state index in [1.54, 1.807) is 0 Å². The Labute approximate surface area is 106 Å². The molecule has 0 saturated carbocycles.